The van der Waals surface area contributed by atoms with Crippen LogP contribution in [0.2, 0.25) is 0 Å². The van der Waals surface area contributed by atoms with Gasteiger partial charge in [0.1, 0.15) is 22.6 Å². The van der Waals surface area contributed by atoms with Crippen LogP contribution in [0.15, 0.2) is 24.3 Å². The van der Waals surface area contributed by atoms with Crippen molar-refractivity contribution in [2.45, 2.75) is 60.2 Å². The first-order valence-electron chi connectivity index (χ1n) is 12.1. The molecule has 0 atom stereocenters. The number of methoxy groups -OCH3 is 1. The molecule has 0 aliphatic heterocycles. The number of nitrogens with one attached hydrogen (secondary N) is 2. The van der Waals surface area contributed by atoms with Crippen LogP contribution in [0.5, 0.6) is 5.75 Å². The van der Waals surface area contributed by atoms with E-state index < -0.39 is 23.6 Å². The van der Waals surface area contributed by atoms with Crippen molar-refractivity contribution < 1.29 is 29.0 Å². The minimum Gasteiger partial charge on any atom is -0.494 e. The fraction of sp³-hybridized carbons (Fsp3) is 0.423. The summed E-state index contributed by atoms with van der Waals surface area (Å²) in [4.78, 5) is 41.5. The molecule has 204 valence electrons. The Bertz CT molecular complexity index is 1400. The van der Waals surface area contributed by atoms with Gasteiger partial charge in [-0.05, 0) is 59.2 Å². The van der Waals surface area contributed by atoms with Crippen molar-refractivity contribution in [3.05, 3.63) is 46.8 Å². The van der Waals surface area contributed by atoms with Gasteiger partial charge >= 0.3 is 12.1 Å². The second-order valence-corrected chi connectivity index (χ2v) is 9.59. The molecule has 2 aromatic heterocycles. The second kappa shape index (κ2) is 11.4. The number of ether oxygens (including phenoxy) is 2. The molecule has 2 amide bonds. The molecule has 38 heavy (non-hydrogen) atoms. The number of carbonyl (C=O) groups excluding carboxylic acids is 2. The maximum absolute atomic E-state index is 13.2. The van der Waals surface area contributed by atoms with Crippen molar-refractivity contribution in [1.29, 1.82) is 0 Å². The number of hydrogen-bond acceptors (Lipinski definition) is 7. The molecule has 0 aliphatic carbocycles. The van der Waals surface area contributed by atoms with Crippen molar-refractivity contribution in [2.24, 2.45) is 0 Å². The predicted molar refractivity (Wildman–Crippen MR) is 142 cm³/mol. The van der Waals surface area contributed by atoms with Gasteiger partial charge in [-0.2, -0.15) is 5.10 Å². The van der Waals surface area contributed by atoms with Crippen LogP contribution in [0, 0.1) is 13.8 Å². The van der Waals surface area contributed by atoms with Crippen molar-refractivity contribution in [2.75, 3.05) is 19.0 Å². The fourth-order valence-electron chi connectivity index (χ4n) is 3.90. The number of alkyl carbamates (subject to hydrolysis) is 1. The van der Waals surface area contributed by atoms with E-state index in [9.17, 15) is 19.5 Å². The summed E-state index contributed by atoms with van der Waals surface area (Å²) in [6, 6.07) is 3.12. The zero-order valence-corrected chi connectivity index (χ0v) is 22.7. The highest BCUT2D eigenvalue weighted by molar-refractivity contribution is 6.04. The Balaban J connectivity index is 1.98. The van der Waals surface area contributed by atoms with Crippen molar-refractivity contribution in [1.82, 2.24) is 24.6 Å². The number of fused-ring (bicyclic) bond motifs is 1. The van der Waals surface area contributed by atoms with Crippen LogP contribution in [0.1, 0.15) is 59.8 Å². The average molecular weight is 527 g/mol. The number of hydrogen-bond donors (Lipinski definition) is 3. The molecule has 12 nitrogen and oxygen atoms in total. The molecule has 0 saturated carbocycles. The normalized spacial score (nSPS) is 11.7. The highest BCUT2D eigenvalue weighted by atomic mass is 16.6. The number of aryl methyl sites for hydroxylation is 3. The number of rotatable bonds is 9. The first kappa shape index (κ1) is 28.2. The van der Waals surface area contributed by atoms with Crippen LogP contribution in [-0.2, 0) is 17.8 Å². The van der Waals surface area contributed by atoms with Crippen LogP contribution >= 0.6 is 0 Å². The Labute approximate surface area is 220 Å². The Morgan fingerprint density at radius 2 is 1.87 bits per heavy atom. The molecule has 12 heteroatoms. The van der Waals surface area contributed by atoms with Crippen molar-refractivity contribution in [3.8, 4) is 5.75 Å². The van der Waals surface area contributed by atoms with E-state index in [1.54, 1.807) is 62.1 Å². The van der Waals surface area contributed by atoms with E-state index in [2.05, 4.69) is 20.7 Å². The Kier molecular flexibility index (Phi) is 8.44. The lowest BCUT2D eigenvalue weighted by molar-refractivity contribution is 0.0533. The number of imidazole rings is 1. The summed E-state index contributed by atoms with van der Waals surface area (Å²) >= 11 is 0. The van der Waals surface area contributed by atoms with Gasteiger partial charge in [0.2, 0.25) is 5.95 Å². The number of carboxylic acids is 1. The Hall–Kier alpha value is -4.35. The smallest absolute Gasteiger partial charge is 0.407 e. The number of amides is 2. The summed E-state index contributed by atoms with van der Waals surface area (Å²) in [7, 11) is 1.44. The number of aromatic nitrogens is 4. The van der Waals surface area contributed by atoms with Gasteiger partial charge in [-0.1, -0.05) is 12.2 Å². The van der Waals surface area contributed by atoms with E-state index in [-0.39, 0.29) is 24.6 Å². The molecule has 1 aromatic carbocycles. The van der Waals surface area contributed by atoms with Gasteiger partial charge in [-0.15, -0.1) is 0 Å². The maximum Gasteiger partial charge on any atom is 0.407 e. The van der Waals surface area contributed by atoms with Gasteiger partial charge in [0.05, 0.1) is 23.9 Å². The molecule has 3 aromatic rings. The monoisotopic (exact) mass is 526 g/mol. The maximum atomic E-state index is 13.2. The molecule has 0 radical (unpaired) electrons. The van der Waals surface area contributed by atoms with Gasteiger partial charge < -0.3 is 24.5 Å². The third kappa shape index (κ3) is 6.31. The zero-order valence-electron chi connectivity index (χ0n) is 22.7. The van der Waals surface area contributed by atoms with Crippen LogP contribution in [0.4, 0.5) is 10.7 Å². The van der Waals surface area contributed by atoms with E-state index in [4.69, 9.17) is 9.47 Å². The number of nitrogens with zero attached hydrogens (tertiary/aromatic N) is 4. The lowest BCUT2D eigenvalue weighted by Gasteiger charge is -2.19. The summed E-state index contributed by atoms with van der Waals surface area (Å²) in [5, 5.41) is 19.5. The molecule has 0 aliphatic rings. The molecule has 0 saturated heterocycles. The van der Waals surface area contributed by atoms with Crippen LogP contribution < -0.4 is 15.4 Å². The quantitative estimate of drug-likeness (QED) is 0.355. The highest BCUT2D eigenvalue weighted by Gasteiger charge is 2.24. The van der Waals surface area contributed by atoms with Crippen molar-refractivity contribution in [3.63, 3.8) is 0 Å². The first-order valence-corrected chi connectivity index (χ1v) is 12.1. The summed E-state index contributed by atoms with van der Waals surface area (Å²) in [5.41, 5.74) is 1.87. The van der Waals surface area contributed by atoms with Crippen LogP contribution in [0.25, 0.3) is 11.0 Å². The topological polar surface area (TPSA) is 150 Å². The molecule has 0 spiro atoms. The molecule has 3 rings (SSSR count). The molecule has 0 unspecified atom stereocenters. The third-order valence-electron chi connectivity index (χ3n) is 5.56. The molecule has 0 fully saturated rings. The average Bonchev–Trinajstić information content (AvgIpc) is 3.38. The zero-order chi connectivity index (χ0) is 28.2. The van der Waals surface area contributed by atoms with Gasteiger partial charge in [0.15, 0.2) is 0 Å². The summed E-state index contributed by atoms with van der Waals surface area (Å²) in [6.45, 7) is 11.7. The van der Waals surface area contributed by atoms with Gasteiger partial charge in [-0.3, -0.25) is 14.8 Å². The van der Waals surface area contributed by atoms with E-state index in [0.717, 1.165) is 0 Å². The summed E-state index contributed by atoms with van der Waals surface area (Å²) in [6.07, 6.45) is 2.99. The van der Waals surface area contributed by atoms with Crippen molar-refractivity contribution >= 4 is 35.0 Å². The lowest BCUT2D eigenvalue weighted by atomic mass is 10.1. The minimum absolute atomic E-state index is 0.0497. The molecular formula is C26H34N6O6. The highest BCUT2D eigenvalue weighted by Crippen LogP contribution is 2.34. The van der Waals surface area contributed by atoms with Crippen LogP contribution in [-0.4, -0.2) is 61.7 Å². The molecular weight excluding hydrogens is 492 g/mol. The van der Waals surface area contributed by atoms with Crippen LogP contribution in [0.3, 0.4) is 0 Å². The number of anilines is 1. The first-order chi connectivity index (χ1) is 17.9. The van der Waals surface area contributed by atoms with E-state index in [1.165, 1.54) is 13.2 Å². The van der Waals surface area contributed by atoms with Gasteiger partial charge in [-0.25, -0.2) is 14.6 Å². The number of carboxylic acid groups (broad SMARTS) is 1. The molecule has 0 bridgehead atoms. The SMILES string of the molecule is CCn1nc(C)cc1C(=O)Nc1nc2c(C)c(C(=O)O)cc(OC)c2n1CC=CCNC(=O)OC(C)(C)C. The third-order valence-corrected chi connectivity index (χ3v) is 5.56. The standard InChI is InChI=1S/C26H34N6O6/c1-8-32-18(13-15(2)30-32)22(33)29-24-28-20-16(3)17(23(34)35)14-19(37-7)21(20)31(24)12-10-9-11-27-25(36)38-26(4,5)6/h9-10,13-14H,8,11-12H2,1-7H3,(H,27,36)(H,34,35)(H,28,29,33). The van der Waals surface area contributed by atoms with Gasteiger partial charge in [0, 0.05) is 19.6 Å². The van der Waals surface area contributed by atoms with E-state index in [0.29, 0.717) is 40.3 Å². The number of aromatic carboxylic acids is 1. The fourth-order valence-corrected chi connectivity index (χ4v) is 3.90. The summed E-state index contributed by atoms with van der Waals surface area (Å²) < 4.78 is 14.1. The Morgan fingerprint density at radius 3 is 2.47 bits per heavy atom. The predicted octanol–water partition coefficient (Wildman–Crippen LogP) is 3.91. The number of benzene rings is 1. The number of allylic oxidation sites excluding steroid dienone is 1. The molecule has 3 N–H and O–H groups in total. The minimum atomic E-state index is -1.11. The lowest BCUT2D eigenvalue weighted by Crippen LogP contribution is -2.32. The second-order valence-electron chi connectivity index (χ2n) is 9.59. The Morgan fingerprint density at radius 1 is 1.16 bits per heavy atom. The van der Waals surface area contributed by atoms with Gasteiger partial charge in [0.25, 0.3) is 5.91 Å². The summed E-state index contributed by atoms with van der Waals surface area (Å²) in [5.74, 6) is -1.01. The van der Waals surface area contributed by atoms with E-state index >= 15 is 0 Å². The largest absolute Gasteiger partial charge is 0.494 e. The van der Waals surface area contributed by atoms with E-state index in [1.807, 2.05) is 6.92 Å². The number of carbonyl (C=O) groups is 3. The molecule has 2 heterocycles.